The molecule has 1 aromatic carbocycles. The van der Waals surface area contributed by atoms with Gasteiger partial charge in [-0.25, -0.2) is 4.79 Å². The van der Waals surface area contributed by atoms with Crippen LogP contribution in [0, 0.1) is 11.3 Å². The Balaban J connectivity index is 2.20. The number of amides is 1. The van der Waals surface area contributed by atoms with Crippen LogP contribution in [0.15, 0.2) is 23.8 Å². The summed E-state index contributed by atoms with van der Waals surface area (Å²) in [5.41, 5.74) is 0.570. The molecule has 1 fully saturated rings. The minimum Gasteiger partial charge on any atom is -0.493 e. The van der Waals surface area contributed by atoms with E-state index in [2.05, 4.69) is 0 Å². The number of hydrogen-bond donors (Lipinski definition) is 1. The maximum Gasteiger partial charge on any atom is 0.341 e. The summed E-state index contributed by atoms with van der Waals surface area (Å²) in [6.07, 6.45) is 1.46. The molecule has 0 unspecified atom stereocenters. The van der Waals surface area contributed by atoms with Gasteiger partial charge in [0.2, 0.25) is 0 Å². The second-order valence-electron chi connectivity index (χ2n) is 5.17. The van der Waals surface area contributed by atoms with Crippen LogP contribution in [-0.4, -0.2) is 61.9 Å². The molecule has 1 aromatic rings. The van der Waals surface area contributed by atoms with E-state index in [1.54, 1.807) is 17.0 Å². The fraction of sp³-hybridized carbons (Fsp3) is 0.353. The average molecular weight is 346 g/mol. The highest BCUT2D eigenvalue weighted by atomic mass is 16.5. The van der Waals surface area contributed by atoms with Crippen molar-refractivity contribution in [3.8, 4) is 17.6 Å². The highest BCUT2D eigenvalue weighted by molar-refractivity contribution is 6.01. The molecule has 0 radical (unpaired) electrons. The molecule has 0 bridgehead atoms. The summed E-state index contributed by atoms with van der Waals surface area (Å²) in [7, 11) is 1.42. The minimum atomic E-state index is -1.10. The molecule has 1 amide bonds. The van der Waals surface area contributed by atoms with E-state index in [4.69, 9.17) is 19.3 Å². The van der Waals surface area contributed by atoms with Crippen LogP contribution in [0.4, 0.5) is 0 Å². The second-order valence-corrected chi connectivity index (χ2v) is 5.17. The molecule has 25 heavy (non-hydrogen) atoms. The number of carbonyl (C=O) groups is 2. The molecular weight excluding hydrogens is 328 g/mol. The summed E-state index contributed by atoms with van der Waals surface area (Å²) in [6, 6.07) is 6.63. The second kappa shape index (κ2) is 8.70. The zero-order valence-corrected chi connectivity index (χ0v) is 13.7. The molecule has 0 atom stereocenters. The summed E-state index contributed by atoms with van der Waals surface area (Å²) >= 11 is 0. The predicted octanol–water partition coefficient (Wildman–Crippen LogP) is 0.924. The number of aliphatic carboxylic acids is 1. The smallest absolute Gasteiger partial charge is 0.341 e. The Morgan fingerprint density at radius 2 is 2.08 bits per heavy atom. The number of carbonyl (C=O) groups excluding carboxylic acids is 1. The number of carboxylic acid groups (broad SMARTS) is 1. The standard InChI is InChI=1S/C17H18N2O6/c1-23-15-9-12(2-3-14(15)25-11-16(20)21)8-13(10-18)17(22)19-4-6-24-7-5-19/h2-3,8-9H,4-7,11H2,1H3,(H,20,21)/b13-8+. The van der Waals surface area contributed by atoms with E-state index in [9.17, 15) is 14.9 Å². The lowest BCUT2D eigenvalue weighted by molar-refractivity contribution is -0.139. The first-order chi connectivity index (χ1) is 12.0. The normalized spacial score (nSPS) is 14.6. The van der Waals surface area contributed by atoms with Gasteiger partial charge >= 0.3 is 5.97 Å². The predicted molar refractivity (Wildman–Crippen MR) is 87.1 cm³/mol. The molecule has 8 heteroatoms. The van der Waals surface area contributed by atoms with Crippen LogP contribution in [-0.2, 0) is 14.3 Å². The SMILES string of the molecule is COc1cc(/C=C(\C#N)C(=O)N2CCOCC2)ccc1OCC(=O)O. The lowest BCUT2D eigenvalue weighted by Crippen LogP contribution is -2.41. The van der Waals surface area contributed by atoms with E-state index in [1.165, 1.54) is 19.3 Å². The third-order valence-electron chi connectivity index (χ3n) is 3.50. The van der Waals surface area contributed by atoms with E-state index in [1.807, 2.05) is 6.07 Å². The number of morpholine rings is 1. The van der Waals surface area contributed by atoms with Gasteiger partial charge in [0, 0.05) is 13.1 Å². The molecule has 0 aliphatic carbocycles. The van der Waals surface area contributed by atoms with Crippen molar-refractivity contribution in [1.29, 1.82) is 5.26 Å². The van der Waals surface area contributed by atoms with E-state index < -0.39 is 12.6 Å². The van der Waals surface area contributed by atoms with Crippen molar-refractivity contribution < 1.29 is 28.9 Å². The summed E-state index contributed by atoms with van der Waals surface area (Å²) < 4.78 is 15.5. The summed E-state index contributed by atoms with van der Waals surface area (Å²) in [6.45, 7) is 1.30. The number of methoxy groups -OCH3 is 1. The topological polar surface area (TPSA) is 109 Å². The van der Waals surface area contributed by atoms with Crippen molar-refractivity contribution in [2.24, 2.45) is 0 Å². The van der Waals surface area contributed by atoms with E-state index >= 15 is 0 Å². The number of carboxylic acids is 1. The third kappa shape index (κ3) is 4.96. The van der Waals surface area contributed by atoms with Crippen LogP contribution in [0.5, 0.6) is 11.5 Å². The Labute approximate surface area is 144 Å². The van der Waals surface area contributed by atoms with Crippen molar-refractivity contribution in [3.63, 3.8) is 0 Å². The van der Waals surface area contributed by atoms with Crippen molar-refractivity contribution in [1.82, 2.24) is 4.90 Å². The average Bonchev–Trinajstić information content (AvgIpc) is 2.64. The third-order valence-corrected chi connectivity index (χ3v) is 3.50. The maximum atomic E-state index is 12.4. The Morgan fingerprint density at radius 3 is 2.68 bits per heavy atom. The number of rotatable bonds is 6. The fourth-order valence-electron chi connectivity index (χ4n) is 2.28. The summed E-state index contributed by atoms with van der Waals surface area (Å²) in [5.74, 6) is -0.879. The van der Waals surface area contributed by atoms with Crippen molar-refractivity contribution in [2.45, 2.75) is 0 Å². The molecule has 132 valence electrons. The number of benzene rings is 1. The largest absolute Gasteiger partial charge is 0.493 e. The number of ether oxygens (including phenoxy) is 3. The zero-order chi connectivity index (χ0) is 18.2. The number of nitrogens with zero attached hydrogens (tertiary/aromatic N) is 2. The zero-order valence-electron chi connectivity index (χ0n) is 13.7. The fourth-order valence-corrected chi connectivity index (χ4v) is 2.28. The molecule has 0 spiro atoms. The number of nitriles is 1. The van der Waals surface area contributed by atoms with Gasteiger partial charge in [0.25, 0.3) is 5.91 Å². The molecule has 1 saturated heterocycles. The van der Waals surface area contributed by atoms with Gasteiger partial charge in [0.05, 0.1) is 20.3 Å². The lowest BCUT2D eigenvalue weighted by Gasteiger charge is -2.26. The minimum absolute atomic E-state index is 0.00292. The van der Waals surface area contributed by atoms with E-state index in [0.29, 0.717) is 37.6 Å². The van der Waals surface area contributed by atoms with E-state index in [-0.39, 0.29) is 17.2 Å². The highest BCUT2D eigenvalue weighted by Gasteiger charge is 2.20. The van der Waals surface area contributed by atoms with Crippen LogP contribution in [0.3, 0.4) is 0 Å². The van der Waals surface area contributed by atoms with E-state index in [0.717, 1.165) is 0 Å². The summed E-state index contributed by atoms with van der Waals surface area (Å²) in [5, 5.41) is 18.0. The molecule has 0 saturated carbocycles. The van der Waals surface area contributed by atoms with Crippen molar-refractivity contribution in [3.05, 3.63) is 29.3 Å². The molecule has 1 aliphatic rings. The molecule has 0 aromatic heterocycles. The monoisotopic (exact) mass is 346 g/mol. The van der Waals surface area contributed by atoms with Crippen molar-refractivity contribution in [2.75, 3.05) is 40.0 Å². The Morgan fingerprint density at radius 1 is 1.36 bits per heavy atom. The first-order valence-corrected chi connectivity index (χ1v) is 7.56. The van der Waals surface area contributed by atoms with Crippen LogP contribution < -0.4 is 9.47 Å². The molecular formula is C17H18N2O6. The molecule has 2 rings (SSSR count). The quantitative estimate of drug-likeness (QED) is 0.602. The van der Waals surface area contributed by atoms with Crippen LogP contribution >= 0.6 is 0 Å². The van der Waals surface area contributed by atoms with Gasteiger partial charge < -0.3 is 24.2 Å². The first kappa shape index (κ1) is 18.3. The Hall–Kier alpha value is -3.05. The lowest BCUT2D eigenvalue weighted by atomic mass is 10.1. The molecule has 8 nitrogen and oxygen atoms in total. The molecule has 1 aliphatic heterocycles. The van der Waals surface area contributed by atoms with Gasteiger partial charge in [-0.15, -0.1) is 0 Å². The van der Waals surface area contributed by atoms with Gasteiger partial charge in [-0.3, -0.25) is 4.79 Å². The van der Waals surface area contributed by atoms with Gasteiger partial charge in [-0.05, 0) is 23.8 Å². The Bertz CT molecular complexity index is 716. The number of hydrogen-bond acceptors (Lipinski definition) is 6. The molecule has 1 N–H and O–H groups in total. The van der Waals surface area contributed by atoms with Gasteiger partial charge in [-0.1, -0.05) is 6.07 Å². The Kier molecular flexibility index (Phi) is 6.37. The molecule has 1 heterocycles. The van der Waals surface area contributed by atoms with Crippen LogP contribution in [0.2, 0.25) is 0 Å². The van der Waals surface area contributed by atoms with Gasteiger partial charge in [0.15, 0.2) is 18.1 Å². The highest BCUT2D eigenvalue weighted by Crippen LogP contribution is 2.29. The van der Waals surface area contributed by atoms with Crippen LogP contribution in [0.25, 0.3) is 6.08 Å². The summed E-state index contributed by atoms with van der Waals surface area (Å²) in [4.78, 5) is 24.5. The van der Waals surface area contributed by atoms with Gasteiger partial charge in [0.1, 0.15) is 11.6 Å². The maximum absolute atomic E-state index is 12.4. The van der Waals surface area contributed by atoms with Crippen LogP contribution in [0.1, 0.15) is 5.56 Å². The van der Waals surface area contributed by atoms with Crippen molar-refractivity contribution >= 4 is 18.0 Å². The van der Waals surface area contributed by atoms with Gasteiger partial charge in [-0.2, -0.15) is 5.26 Å². The first-order valence-electron chi connectivity index (χ1n) is 7.56.